The van der Waals surface area contributed by atoms with Crippen molar-refractivity contribution in [1.29, 1.82) is 0 Å². The fourth-order valence-corrected chi connectivity index (χ4v) is 2.03. The molecule has 2 rings (SSSR count). The van der Waals surface area contributed by atoms with E-state index in [1.807, 2.05) is 0 Å². The van der Waals surface area contributed by atoms with Crippen LogP contribution in [0.25, 0.3) is 0 Å². The summed E-state index contributed by atoms with van der Waals surface area (Å²) in [5, 5.41) is 0.402. The molecule has 0 saturated heterocycles. The Morgan fingerprint density at radius 2 is 2.00 bits per heavy atom. The van der Waals surface area contributed by atoms with Crippen molar-refractivity contribution in [3.63, 3.8) is 0 Å². The van der Waals surface area contributed by atoms with Crippen LogP contribution >= 0.6 is 27.5 Å². The fourth-order valence-electron chi connectivity index (χ4n) is 1.48. The molecule has 114 valence electrons. The molecule has 8 heteroatoms. The van der Waals surface area contributed by atoms with Gasteiger partial charge in [0.25, 0.3) is 11.8 Å². The largest absolute Gasteiger partial charge is 0.482 e. The maximum absolute atomic E-state index is 11.8. The van der Waals surface area contributed by atoms with Crippen molar-refractivity contribution in [2.75, 3.05) is 6.61 Å². The average Bonchev–Trinajstić information content (AvgIpc) is 2.52. The highest BCUT2D eigenvalue weighted by Crippen LogP contribution is 2.22. The molecular formula is C14H11BrClN3O3. The van der Waals surface area contributed by atoms with Gasteiger partial charge < -0.3 is 4.74 Å². The summed E-state index contributed by atoms with van der Waals surface area (Å²) >= 11 is 9.10. The van der Waals surface area contributed by atoms with Crippen LogP contribution in [0.5, 0.6) is 5.75 Å². The minimum Gasteiger partial charge on any atom is -0.482 e. The highest BCUT2D eigenvalue weighted by molar-refractivity contribution is 9.10. The van der Waals surface area contributed by atoms with Crippen molar-refractivity contribution < 1.29 is 14.3 Å². The van der Waals surface area contributed by atoms with Gasteiger partial charge in [0.2, 0.25) is 0 Å². The molecule has 0 radical (unpaired) electrons. The number of aromatic nitrogens is 1. The summed E-state index contributed by atoms with van der Waals surface area (Å²) in [4.78, 5) is 27.3. The minimum absolute atomic E-state index is 0.277. The Balaban J connectivity index is 1.81. The SMILES string of the molecule is O=C(COc1ccccc1Cl)NNC(=O)c1cncc(Br)c1. The highest BCUT2D eigenvalue weighted by atomic mass is 79.9. The van der Waals surface area contributed by atoms with Crippen LogP contribution in [0, 0.1) is 0 Å². The van der Waals surface area contributed by atoms with Crippen molar-refractivity contribution >= 4 is 39.3 Å². The Labute approximate surface area is 139 Å². The molecule has 0 aliphatic heterocycles. The highest BCUT2D eigenvalue weighted by Gasteiger charge is 2.09. The summed E-state index contributed by atoms with van der Waals surface area (Å²) in [6.45, 7) is -0.277. The number of benzene rings is 1. The molecule has 0 bridgehead atoms. The molecule has 0 aliphatic rings. The van der Waals surface area contributed by atoms with Crippen molar-refractivity contribution in [3.05, 3.63) is 57.8 Å². The Morgan fingerprint density at radius 3 is 2.73 bits per heavy atom. The van der Waals surface area contributed by atoms with E-state index in [9.17, 15) is 9.59 Å². The molecule has 0 atom stereocenters. The number of nitrogens with zero attached hydrogens (tertiary/aromatic N) is 1. The maximum Gasteiger partial charge on any atom is 0.276 e. The zero-order valence-corrected chi connectivity index (χ0v) is 13.5. The van der Waals surface area contributed by atoms with E-state index >= 15 is 0 Å². The summed E-state index contributed by atoms with van der Waals surface area (Å²) in [7, 11) is 0. The number of para-hydroxylation sites is 1. The molecule has 22 heavy (non-hydrogen) atoms. The monoisotopic (exact) mass is 383 g/mol. The summed E-state index contributed by atoms with van der Waals surface area (Å²) in [6, 6.07) is 8.36. The van der Waals surface area contributed by atoms with Crippen molar-refractivity contribution in [3.8, 4) is 5.75 Å². The second kappa shape index (κ2) is 7.77. The number of halogens is 2. The molecular weight excluding hydrogens is 374 g/mol. The van der Waals surface area contributed by atoms with Crippen LogP contribution in [0.4, 0.5) is 0 Å². The molecule has 1 aromatic heterocycles. The molecule has 1 heterocycles. The molecule has 6 nitrogen and oxygen atoms in total. The van der Waals surface area contributed by atoms with Crippen molar-refractivity contribution in [1.82, 2.24) is 15.8 Å². The molecule has 0 spiro atoms. The number of ether oxygens (including phenoxy) is 1. The van der Waals surface area contributed by atoms with Gasteiger partial charge in [-0.25, -0.2) is 0 Å². The second-order valence-electron chi connectivity index (χ2n) is 4.11. The third-order valence-corrected chi connectivity index (χ3v) is 3.22. The lowest BCUT2D eigenvalue weighted by molar-refractivity contribution is -0.123. The Bertz CT molecular complexity index is 697. The van der Waals surface area contributed by atoms with Gasteiger partial charge in [0.1, 0.15) is 5.75 Å². The number of amides is 2. The van der Waals surface area contributed by atoms with E-state index in [0.717, 1.165) is 0 Å². The van der Waals surface area contributed by atoms with Crippen LogP contribution in [0.15, 0.2) is 47.2 Å². The molecule has 2 N–H and O–H groups in total. The van der Waals surface area contributed by atoms with Gasteiger partial charge in [0, 0.05) is 16.9 Å². The number of rotatable bonds is 4. The van der Waals surface area contributed by atoms with Gasteiger partial charge in [-0.15, -0.1) is 0 Å². The first kappa shape index (κ1) is 16.3. The third kappa shape index (κ3) is 4.71. The Hall–Kier alpha value is -2.12. The van der Waals surface area contributed by atoms with E-state index in [0.29, 0.717) is 20.8 Å². The van der Waals surface area contributed by atoms with Crippen LogP contribution in [0.3, 0.4) is 0 Å². The van der Waals surface area contributed by atoms with Crippen LogP contribution in [-0.4, -0.2) is 23.4 Å². The zero-order valence-electron chi connectivity index (χ0n) is 11.2. The van der Waals surface area contributed by atoms with E-state index in [2.05, 4.69) is 31.8 Å². The van der Waals surface area contributed by atoms with Gasteiger partial charge >= 0.3 is 0 Å². The summed E-state index contributed by atoms with van der Waals surface area (Å²) in [5.41, 5.74) is 4.81. The Morgan fingerprint density at radius 1 is 1.23 bits per heavy atom. The summed E-state index contributed by atoms with van der Waals surface area (Å²) < 4.78 is 5.90. The smallest absolute Gasteiger partial charge is 0.276 e. The topological polar surface area (TPSA) is 80.3 Å². The lowest BCUT2D eigenvalue weighted by Gasteiger charge is -2.09. The molecule has 2 amide bonds. The van der Waals surface area contributed by atoms with Crippen LogP contribution in [0.2, 0.25) is 5.02 Å². The average molecular weight is 385 g/mol. The molecule has 0 aliphatic carbocycles. The normalized spacial score (nSPS) is 9.91. The van der Waals surface area contributed by atoms with E-state index in [4.69, 9.17) is 16.3 Å². The number of carbonyl (C=O) groups excluding carboxylic acids is 2. The van der Waals surface area contributed by atoms with Crippen molar-refractivity contribution in [2.24, 2.45) is 0 Å². The number of pyridine rings is 1. The van der Waals surface area contributed by atoms with Crippen LogP contribution < -0.4 is 15.6 Å². The third-order valence-electron chi connectivity index (χ3n) is 2.48. The zero-order chi connectivity index (χ0) is 15.9. The lowest BCUT2D eigenvalue weighted by atomic mass is 10.3. The number of hydrazine groups is 1. The van der Waals surface area contributed by atoms with Gasteiger partial charge in [0.15, 0.2) is 6.61 Å². The van der Waals surface area contributed by atoms with Gasteiger partial charge in [-0.1, -0.05) is 23.7 Å². The maximum atomic E-state index is 11.8. The van der Waals surface area contributed by atoms with Crippen LogP contribution in [0.1, 0.15) is 10.4 Å². The van der Waals surface area contributed by atoms with Gasteiger partial charge in [0.05, 0.1) is 10.6 Å². The van der Waals surface area contributed by atoms with Gasteiger partial charge in [-0.3, -0.25) is 25.4 Å². The molecule has 0 saturated carbocycles. The van der Waals surface area contributed by atoms with Gasteiger partial charge in [-0.05, 0) is 34.1 Å². The number of nitrogens with one attached hydrogen (secondary N) is 2. The minimum atomic E-state index is -0.517. The van der Waals surface area contributed by atoms with E-state index < -0.39 is 11.8 Å². The fraction of sp³-hybridized carbons (Fsp3) is 0.0714. The summed E-state index contributed by atoms with van der Waals surface area (Å²) in [6.07, 6.45) is 2.93. The van der Waals surface area contributed by atoms with E-state index in [1.165, 1.54) is 6.20 Å². The number of hydrogen-bond acceptors (Lipinski definition) is 4. The number of hydrogen-bond donors (Lipinski definition) is 2. The van der Waals surface area contributed by atoms with Crippen LogP contribution in [-0.2, 0) is 4.79 Å². The lowest BCUT2D eigenvalue weighted by Crippen LogP contribution is -2.43. The first-order valence-electron chi connectivity index (χ1n) is 6.13. The number of carbonyl (C=O) groups is 2. The summed E-state index contributed by atoms with van der Waals surface area (Å²) in [5.74, 6) is -0.613. The Kier molecular flexibility index (Phi) is 5.74. The molecule has 0 fully saturated rings. The quantitative estimate of drug-likeness (QED) is 0.793. The van der Waals surface area contributed by atoms with Gasteiger partial charge in [-0.2, -0.15) is 0 Å². The van der Waals surface area contributed by atoms with E-state index in [1.54, 1.807) is 36.5 Å². The predicted octanol–water partition coefficient (Wildman–Crippen LogP) is 2.34. The molecule has 1 aromatic carbocycles. The predicted molar refractivity (Wildman–Crippen MR) is 84.5 cm³/mol. The molecule has 0 unspecified atom stereocenters. The first-order chi connectivity index (χ1) is 10.6. The van der Waals surface area contributed by atoms with E-state index in [-0.39, 0.29) is 6.61 Å². The second-order valence-corrected chi connectivity index (χ2v) is 5.44. The van der Waals surface area contributed by atoms with Crippen molar-refractivity contribution in [2.45, 2.75) is 0 Å². The molecule has 2 aromatic rings. The first-order valence-corrected chi connectivity index (χ1v) is 7.30. The standard InChI is InChI=1S/C14H11BrClN3O3/c15-10-5-9(6-17-7-10)14(21)19-18-13(20)8-22-12-4-2-1-3-11(12)16/h1-7H,8H2,(H,18,20)(H,19,21).